The summed E-state index contributed by atoms with van der Waals surface area (Å²) >= 11 is 0. The molecule has 0 unspecified atom stereocenters. The topological polar surface area (TPSA) is 65.0 Å². The van der Waals surface area contributed by atoms with Gasteiger partial charge in [-0.25, -0.2) is 4.79 Å². The van der Waals surface area contributed by atoms with Gasteiger partial charge in [0.25, 0.3) is 0 Å². The molecule has 0 fully saturated rings. The van der Waals surface area contributed by atoms with Crippen LogP contribution in [0.15, 0.2) is 30.0 Å². The van der Waals surface area contributed by atoms with Gasteiger partial charge in [0.15, 0.2) is 11.5 Å². The van der Waals surface area contributed by atoms with Crippen LogP contribution in [-0.4, -0.2) is 31.4 Å². The molecule has 0 radical (unpaired) electrons. The SMILES string of the molecule is COC1=CC(=O)O[C@@H](CCc2ccc(OC)c(O)c2)C1. The highest BCUT2D eigenvalue weighted by Gasteiger charge is 2.22. The molecule has 108 valence electrons. The van der Waals surface area contributed by atoms with E-state index in [-0.39, 0.29) is 17.8 Å². The molecule has 2 rings (SSSR count). The van der Waals surface area contributed by atoms with Crippen LogP contribution in [0.5, 0.6) is 11.5 Å². The van der Waals surface area contributed by atoms with Crippen LogP contribution in [0.1, 0.15) is 18.4 Å². The van der Waals surface area contributed by atoms with Crippen molar-refractivity contribution < 1.29 is 24.1 Å². The molecule has 1 aliphatic rings. The van der Waals surface area contributed by atoms with Gasteiger partial charge in [-0.2, -0.15) is 0 Å². The molecule has 1 aromatic rings. The van der Waals surface area contributed by atoms with Gasteiger partial charge >= 0.3 is 5.97 Å². The van der Waals surface area contributed by atoms with Crippen LogP contribution in [0.4, 0.5) is 0 Å². The second-order valence-corrected chi connectivity index (χ2v) is 4.62. The maximum Gasteiger partial charge on any atom is 0.334 e. The Balaban J connectivity index is 1.94. The number of phenols is 1. The number of rotatable bonds is 5. The molecule has 5 nitrogen and oxygen atoms in total. The van der Waals surface area contributed by atoms with E-state index in [1.807, 2.05) is 6.07 Å². The van der Waals surface area contributed by atoms with Gasteiger partial charge < -0.3 is 19.3 Å². The number of hydrogen-bond donors (Lipinski definition) is 1. The summed E-state index contributed by atoms with van der Waals surface area (Å²) in [6.07, 6.45) is 3.15. The molecule has 0 saturated carbocycles. The summed E-state index contributed by atoms with van der Waals surface area (Å²) in [7, 11) is 3.05. The molecule has 1 atom stereocenters. The van der Waals surface area contributed by atoms with Gasteiger partial charge in [0.05, 0.1) is 20.3 Å². The number of carbonyl (C=O) groups is 1. The van der Waals surface area contributed by atoms with Gasteiger partial charge in [-0.15, -0.1) is 0 Å². The first-order chi connectivity index (χ1) is 9.62. The van der Waals surface area contributed by atoms with Gasteiger partial charge in [0.2, 0.25) is 0 Å². The fourth-order valence-electron chi connectivity index (χ4n) is 2.18. The Morgan fingerprint density at radius 2 is 2.15 bits per heavy atom. The van der Waals surface area contributed by atoms with Gasteiger partial charge in [-0.3, -0.25) is 0 Å². The maximum atomic E-state index is 11.4. The number of aromatic hydroxyl groups is 1. The van der Waals surface area contributed by atoms with E-state index < -0.39 is 0 Å². The Labute approximate surface area is 117 Å². The Bertz CT molecular complexity index is 521. The highest BCUT2D eigenvalue weighted by atomic mass is 16.5. The molecule has 20 heavy (non-hydrogen) atoms. The Morgan fingerprint density at radius 3 is 2.80 bits per heavy atom. The summed E-state index contributed by atoms with van der Waals surface area (Å²) in [6, 6.07) is 5.27. The van der Waals surface area contributed by atoms with Gasteiger partial charge in [-0.1, -0.05) is 6.07 Å². The van der Waals surface area contributed by atoms with Gasteiger partial charge in [-0.05, 0) is 30.5 Å². The van der Waals surface area contributed by atoms with Crippen molar-refractivity contribution in [1.82, 2.24) is 0 Å². The number of methoxy groups -OCH3 is 2. The van der Waals surface area contributed by atoms with Crippen molar-refractivity contribution in [2.45, 2.75) is 25.4 Å². The lowest BCUT2D eigenvalue weighted by Gasteiger charge is -2.22. The lowest BCUT2D eigenvalue weighted by Crippen LogP contribution is -2.23. The molecular weight excluding hydrogens is 260 g/mol. The van der Waals surface area contributed by atoms with Crippen molar-refractivity contribution in [3.63, 3.8) is 0 Å². The first-order valence-corrected chi connectivity index (χ1v) is 6.43. The number of aryl methyl sites for hydroxylation is 1. The standard InChI is InChI=1S/C15H18O5/c1-18-12-8-11(20-15(17)9-12)5-3-10-4-6-14(19-2)13(16)7-10/h4,6-7,9,11,16H,3,5,8H2,1-2H3/t11-/m0/s1. The number of ether oxygens (including phenoxy) is 3. The van der Waals surface area contributed by atoms with Crippen LogP contribution >= 0.6 is 0 Å². The molecule has 0 aromatic heterocycles. The Kier molecular flexibility index (Phi) is 4.50. The van der Waals surface area contributed by atoms with E-state index in [1.165, 1.54) is 13.2 Å². The number of hydrogen-bond acceptors (Lipinski definition) is 5. The van der Waals surface area contributed by atoms with Crippen molar-refractivity contribution in [2.75, 3.05) is 14.2 Å². The van der Waals surface area contributed by atoms with E-state index >= 15 is 0 Å². The van der Waals surface area contributed by atoms with Crippen molar-refractivity contribution in [3.8, 4) is 11.5 Å². The number of benzene rings is 1. The molecule has 1 aromatic carbocycles. The summed E-state index contributed by atoms with van der Waals surface area (Å²) in [5.74, 6) is 0.838. The molecule has 5 heteroatoms. The second-order valence-electron chi connectivity index (χ2n) is 4.62. The minimum Gasteiger partial charge on any atom is -0.504 e. The number of carbonyl (C=O) groups excluding carboxylic acids is 1. The predicted octanol–water partition coefficient (Wildman–Crippen LogP) is 2.18. The van der Waals surface area contributed by atoms with Crippen molar-refractivity contribution in [2.24, 2.45) is 0 Å². The molecule has 1 heterocycles. The maximum absolute atomic E-state index is 11.4. The summed E-state index contributed by atoms with van der Waals surface area (Å²) in [5.41, 5.74) is 0.966. The van der Waals surface area contributed by atoms with Crippen molar-refractivity contribution in [1.29, 1.82) is 0 Å². The summed E-state index contributed by atoms with van der Waals surface area (Å²) in [6.45, 7) is 0. The van der Waals surface area contributed by atoms with E-state index in [0.29, 0.717) is 30.8 Å². The smallest absolute Gasteiger partial charge is 0.334 e. The zero-order chi connectivity index (χ0) is 14.5. The second kappa shape index (κ2) is 6.32. The van der Waals surface area contributed by atoms with E-state index in [0.717, 1.165) is 5.56 Å². The summed E-state index contributed by atoms with van der Waals surface area (Å²) in [5, 5.41) is 9.71. The van der Waals surface area contributed by atoms with Gasteiger partial charge in [0.1, 0.15) is 11.9 Å². The van der Waals surface area contributed by atoms with Crippen LogP contribution in [0, 0.1) is 0 Å². The fraction of sp³-hybridized carbons (Fsp3) is 0.400. The van der Waals surface area contributed by atoms with E-state index in [4.69, 9.17) is 14.2 Å². The lowest BCUT2D eigenvalue weighted by molar-refractivity contribution is -0.145. The summed E-state index contributed by atoms with van der Waals surface area (Å²) in [4.78, 5) is 11.4. The third kappa shape index (κ3) is 3.44. The molecule has 0 amide bonds. The highest BCUT2D eigenvalue weighted by Crippen LogP contribution is 2.27. The normalized spacial score (nSPS) is 18.2. The summed E-state index contributed by atoms with van der Waals surface area (Å²) < 4.78 is 15.3. The molecule has 1 N–H and O–H groups in total. The van der Waals surface area contributed by atoms with E-state index in [2.05, 4.69) is 0 Å². The molecule has 0 aliphatic carbocycles. The van der Waals surface area contributed by atoms with Crippen molar-refractivity contribution >= 4 is 5.97 Å². The van der Waals surface area contributed by atoms with E-state index in [1.54, 1.807) is 19.2 Å². The van der Waals surface area contributed by atoms with Crippen LogP contribution in [0.25, 0.3) is 0 Å². The number of phenolic OH excluding ortho intramolecular Hbond substituents is 1. The lowest BCUT2D eigenvalue weighted by atomic mass is 10.0. The fourth-order valence-corrected chi connectivity index (χ4v) is 2.18. The van der Waals surface area contributed by atoms with E-state index in [9.17, 15) is 9.90 Å². The van der Waals surface area contributed by atoms with Crippen LogP contribution < -0.4 is 4.74 Å². The largest absolute Gasteiger partial charge is 0.504 e. The Morgan fingerprint density at radius 1 is 1.35 bits per heavy atom. The highest BCUT2D eigenvalue weighted by molar-refractivity contribution is 5.83. The Hall–Kier alpha value is -2.17. The average molecular weight is 278 g/mol. The molecule has 1 aliphatic heterocycles. The predicted molar refractivity (Wildman–Crippen MR) is 72.6 cm³/mol. The molecular formula is C15H18O5. The number of esters is 1. The molecule has 0 spiro atoms. The monoisotopic (exact) mass is 278 g/mol. The minimum absolute atomic E-state index is 0.114. The zero-order valence-corrected chi connectivity index (χ0v) is 11.6. The van der Waals surface area contributed by atoms with Crippen LogP contribution in [-0.2, 0) is 20.7 Å². The van der Waals surface area contributed by atoms with Crippen LogP contribution in [0.2, 0.25) is 0 Å². The van der Waals surface area contributed by atoms with Gasteiger partial charge in [0, 0.05) is 6.42 Å². The quantitative estimate of drug-likeness (QED) is 0.836. The molecule has 0 saturated heterocycles. The third-order valence-corrected chi connectivity index (χ3v) is 3.25. The first kappa shape index (κ1) is 14.2. The zero-order valence-electron chi connectivity index (χ0n) is 11.6. The third-order valence-electron chi connectivity index (χ3n) is 3.25. The van der Waals surface area contributed by atoms with Crippen LogP contribution in [0.3, 0.4) is 0 Å². The minimum atomic E-state index is -0.365. The number of cyclic esters (lactones) is 1. The average Bonchev–Trinajstić information content (AvgIpc) is 2.44. The first-order valence-electron chi connectivity index (χ1n) is 6.43. The molecule has 0 bridgehead atoms. The van der Waals surface area contributed by atoms with Crippen molar-refractivity contribution in [3.05, 3.63) is 35.6 Å².